The predicted molar refractivity (Wildman–Crippen MR) is 59.2 cm³/mol. The number of hydrogen-bond donors (Lipinski definition) is 1. The molecule has 0 amide bonds. The maximum Gasteiger partial charge on any atom is 0.167 e. The highest BCUT2D eigenvalue weighted by molar-refractivity contribution is 5.99. The molecular formula is C12H22O2. The molecule has 0 aliphatic rings. The zero-order valence-corrected chi connectivity index (χ0v) is 10.1. The van der Waals surface area contributed by atoms with E-state index in [4.69, 9.17) is 5.11 Å². The summed E-state index contributed by atoms with van der Waals surface area (Å²) >= 11 is 0. The van der Waals surface area contributed by atoms with Gasteiger partial charge in [0.25, 0.3) is 0 Å². The van der Waals surface area contributed by atoms with E-state index in [1.165, 1.54) is 0 Å². The van der Waals surface area contributed by atoms with Gasteiger partial charge in [-0.1, -0.05) is 34.6 Å². The molecule has 0 aliphatic carbocycles. The van der Waals surface area contributed by atoms with E-state index in [1.54, 1.807) is 6.92 Å². The second-order valence-corrected chi connectivity index (χ2v) is 5.08. The van der Waals surface area contributed by atoms with Crippen LogP contribution in [0.3, 0.4) is 0 Å². The number of carbonyl (C=O) groups is 1. The topological polar surface area (TPSA) is 37.3 Å². The van der Waals surface area contributed by atoms with Crippen LogP contribution in [-0.2, 0) is 4.79 Å². The molecule has 82 valence electrons. The monoisotopic (exact) mass is 198 g/mol. The van der Waals surface area contributed by atoms with Crippen LogP contribution in [0.1, 0.15) is 48.0 Å². The number of aliphatic hydroxyl groups is 1. The summed E-state index contributed by atoms with van der Waals surface area (Å²) in [6.07, 6.45) is 1.68. The molecule has 1 unspecified atom stereocenters. The lowest BCUT2D eigenvalue weighted by Gasteiger charge is -2.40. The summed E-state index contributed by atoms with van der Waals surface area (Å²) in [4.78, 5) is 12.0. The maximum atomic E-state index is 12.0. The van der Waals surface area contributed by atoms with Gasteiger partial charge in [-0.3, -0.25) is 4.79 Å². The van der Waals surface area contributed by atoms with E-state index in [2.05, 4.69) is 20.8 Å². The van der Waals surface area contributed by atoms with Crippen molar-refractivity contribution in [2.24, 2.45) is 10.8 Å². The minimum Gasteiger partial charge on any atom is -0.515 e. The van der Waals surface area contributed by atoms with Gasteiger partial charge in [-0.2, -0.15) is 0 Å². The first-order chi connectivity index (χ1) is 6.20. The van der Waals surface area contributed by atoms with Crippen LogP contribution in [0.5, 0.6) is 0 Å². The van der Waals surface area contributed by atoms with E-state index in [0.29, 0.717) is 5.57 Å². The number of ketones is 1. The highest BCUT2D eigenvalue weighted by Crippen LogP contribution is 2.43. The van der Waals surface area contributed by atoms with Crippen molar-refractivity contribution in [3.63, 3.8) is 0 Å². The normalized spacial score (nSPS) is 17.7. The van der Waals surface area contributed by atoms with Crippen LogP contribution in [0.25, 0.3) is 0 Å². The molecule has 1 atom stereocenters. The molecule has 0 saturated heterocycles. The molecule has 0 saturated carbocycles. The lowest BCUT2D eigenvalue weighted by Crippen LogP contribution is -2.40. The molecule has 0 aromatic carbocycles. The molecule has 1 N–H and O–H groups in total. The van der Waals surface area contributed by atoms with E-state index in [0.717, 1.165) is 12.7 Å². The fraction of sp³-hybridized carbons (Fsp3) is 0.750. The minimum atomic E-state index is -0.406. The number of aliphatic hydroxyl groups excluding tert-OH is 1. The van der Waals surface area contributed by atoms with Crippen molar-refractivity contribution in [3.8, 4) is 0 Å². The fourth-order valence-corrected chi connectivity index (χ4v) is 1.53. The molecule has 0 radical (unpaired) electrons. The Kier molecular flexibility index (Phi) is 3.92. The Morgan fingerprint density at radius 2 is 1.71 bits per heavy atom. The Morgan fingerprint density at radius 3 is 1.93 bits per heavy atom. The molecule has 2 heteroatoms. The van der Waals surface area contributed by atoms with E-state index >= 15 is 0 Å². The molecule has 0 heterocycles. The maximum absolute atomic E-state index is 12.0. The van der Waals surface area contributed by atoms with Crippen LogP contribution in [0.15, 0.2) is 11.8 Å². The first-order valence-electron chi connectivity index (χ1n) is 5.06. The number of rotatable bonds is 3. The third-order valence-electron chi connectivity index (χ3n) is 3.42. The predicted octanol–water partition coefficient (Wildman–Crippen LogP) is 3.48. The Labute approximate surface area is 87.0 Å². The van der Waals surface area contributed by atoms with Crippen molar-refractivity contribution in [2.45, 2.75) is 48.0 Å². The van der Waals surface area contributed by atoms with Gasteiger partial charge in [-0.25, -0.2) is 0 Å². The van der Waals surface area contributed by atoms with Crippen molar-refractivity contribution in [3.05, 3.63) is 11.8 Å². The average molecular weight is 198 g/mol. The third-order valence-corrected chi connectivity index (χ3v) is 3.42. The van der Waals surface area contributed by atoms with Crippen molar-refractivity contribution in [1.82, 2.24) is 0 Å². The second-order valence-electron chi connectivity index (χ2n) is 5.08. The Morgan fingerprint density at radius 1 is 1.29 bits per heavy atom. The van der Waals surface area contributed by atoms with Crippen molar-refractivity contribution < 1.29 is 9.90 Å². The van der Waals surface area contributed by atoms with Gasteiger partial charge >= 0.3 is 0 Å². The molecule has 0 bridgehead atoms. The van der Waals surface area contributed by atoms with E-state index < -0.39 is 5.41 Å². The summed E-state index contributed by atoms with van der Waals surface area (Å²) in [6, 6.07) is 0. The Balaban J connectivity index is 5.18. The largest absolute Gasteiger partial charge is 0.515 e. The molecule has 0 aliphatic heterocycles. The van der Waals surface area contributed by atoms with E-state index in [9.17, 15) is 4.79 Å². The van der Waals surface area contributed by atoms with Crippen molar-refractivity contribution in [1.29, 1.82) is 0 Å². The minimum absolute atomic E-state index is 0.0370. The van der Waals surface area contributed by atoms with Crippen LogP contribution in [-0.4, -0.2) is 10.9 Å². The lowest BCUT2D eigenvalue weighted by molar-refractivity contribution is -0.130. The van der Waals surface area contributed by atoms with Gasteiger partial charge < -0.3 is 5.11 Å². The fourth-order valence-electron chi connectivity index (χ4n) is 1.53. The average Bonchev–Trinajstić information content (AvgIpc) is 2.12. The van der Waals surface area contributed by atoms with Crippen LogP contribution < -0.4 is 0 Å². The van der Waals surface area contributed by atoms with Crippen molar-refractivity contribution >= 4 is 5.78 Å². The van der Waals surface area contributed by atoms with Gasteiger partial charge in [0.2, 0.25) is 0 Å². The summed E-state index contributed by atoms with van der Waals surface area (Å²) < 4.78 is 0. The summed E-state index contributed by atoms with van der Waals surface area (Å²) in [7, 11) is 0. The van der Waals surface area contributed by atoms with Gasteiger partial charge in [0.05, 0.1) is 6.26 Å². The number of Topliss-reactive ketones (excluding diaryl/α,β-unsaturated/α-hetero) is 1. The summed E-state index contributed by atoms with van der Waals surface area (Å²) in [6.45, 7) is 11.8. The van der Waals surface area contributed by atoms with Crippen LogP contribution in [0.2, 0.25) is 0 Å². The zero-order chi connectivity index (χ0) is 11.6. The summed E-state index contributed by atoms with van der Waals surface area (Å²) in [5, 5.41) is 8.85. The standard InChI is InChI=1S/C12H22O2/c1-7-12(6,11(3,4)5)10(14)9(2)8-13/h8,13H,7H2,1-6H3/b9-8-. The number of hydrogen-bond acceptors (Lipinski definition) is 2. The van der Waals surface area contributed by atoms with Gasteiger partial charge in [0.1, 0.15) is 0 Å². The molecule has 2 nitrogen and oxygen atoms in total. The summed E-state index contributed by atoms with van der Waals surface area (Å²) in [5.41, 5.74) is -0.0661. The third kappa shape index (κ3) is 2.17. The first kappa shape index (κ1) is 13.2. The summed E-state index contributed by atoms with van der Waals surface area (Å²) in [5.74, 6) is 0.0370. The van der Waals surface area contributed by atoms with Gasteiger partial charge in [-0.15, -0.1) is 0 Å². The highest BCUT2D eigenvalue weighted by Gasteiger charge is 2.42. The number of carbonyl (C=O) groups excluding carboxylic acids is 1. The molecule has 0 aromatic heterocycles. The highest BCUT2D eigenvalue weighted by atomic mass is 16.2. The molecular weight excluding hydrogens is 176 g/mol. The number of allylic oxidation sites excluding steroid dienone is 1. The molecule has 14 heavy (non-hydrogen) atoms. The van der Waals surface area contributed by atoms with Crippen LogP contribution >= 0.6 is 0 Å². The molecule has 0 aromatic rings. The van der Waals surface area contributed by atoms with E-state index in [-0.39, 0.29) is 11.2 Å². The zero-order valence-electron chi connectivity index (χ0n) is 10.1. The van der Waals surface area contributed by atoms with Gasteiger partial charge in [0, 0.05) is 11.0 Å². The molecule has 0 rings (SSSR count). The molecule has 0 fully saturated rings. The smallest absolute Gasteiger partial charge is 0.167 e. The Hall–Kier alpha value is -0.790. The van der Waals surface area contributed by atoms with Crippen LogP contribution in [0.4, 0.5) is 0 Å². The Bertz CT molecular complexity index is 246. The molecule has 0 spiro atoms. The van der Waals surface area contributed by atoms with Gasteiger partial charge in [0.15, 0.2) is 5.78 Å². The van der Waals surface area contributed by atoms with E-state index in [1.807, 2.05) is 13.8 Å². The lowest BCUT2D eigenvalue weighted by atomic mass is 9.63. The first-order valence-corrected chi connectivity index (χ1v) is 5.06. The van der Waals surface area contributed by atoms with Crippen molar-refractivity contribution in [2.75, 3.05) is 0 Å². The SMILES string of the molecule is CCC(C)(C(=O)/C(C)=C\O)C(C)(C)C. The second kappa shape index (κ2) is 4.16. The van der Waals surface area contributed by atoms with Gasteiger partial charge in [-0.05, 0) is 18.8 Å². The quantitative estimate of drug-likeness (QED) is 0.557. The van der Waals surface area contributed by atoms with Crippen LogP contribution in [0, 0.1) is 10.8 Å².